The average Bonchev–Trinajstić information content (AvgIpc) is 2.90. The van der Waals surface area contributed by atoms with Crippen LogP contribution in [0.3, 0.4) is 0 Å². The summed E-state index contributed by atoms with van der Waals surface area (Å²) in [5.41, 5.74) is 0.207. The maximum absolute atomic E-state index is 11.8. The first kappa shape index (κ1) is 37.3. The Balaban J connectivity index is 0.000000716. The van der Waals surface area contributed by atoms with Crippen LogP contribution in [-0.4, -0.2) is 97.9 Å². The molecule has 40 heavy (non-hydrogen) atoms. The van der Waals surface area contributed by atoms with E-state index in [4.69, 9.17) is 9.47 Å². The molecule has 2 fully saturated rings. The van der Waals surface area contributed by atoms with Crippen molar-refractivity contribution in [1.29, 1.82) is 0 Å². The summed E-state index contributed by atoms with van der Waals surface area (Å²) in [6, 6.07) is -0.499. The number of carbonyl (C=O) groups is 4. The zero-order valence-electron chi connectivity index (χ0n) is 26.2. The first-order valence-corrected chi connectivity index (χ1v) is 14.5. The molecule has 1 N–H and O–H groups in total. The first-order valence-electron chi connectivity index (χ1n) is 14.5. The Morgan fingerprint density at radius 1 is 1.07 bits per heavy atom. The van der Waals surface area contributed by atoms with Crippen molar-refractivity contribution >= 4 is 24.2 Å². The van der Waals surface area contributed by atoms with Crippen molar-refractivity contribution in [2.24, 2.45) is 5.92 Å². The third-order valence-corrected chi connectivity index (χ3v) is 6.19. The molecule has 10 heteroatoms. The van der Waals surface area contributed by atoms with Crippen LogP contribution >= 0.6 is 0 Å². The van der Waals surface area contributed by atoms with Crippen LogP contribution in [0.2, 0.25) is 0 Å². The summed E-state index contributed by atoms with van der Waals surface area (Å²) in [5.74, 6) is -0.197. The topological polar surface area (TPSA) is 108 Å². The number of nitrogens with one attached hydrogen (secondary N) is 1. The summed E-state index contributed by atoms with van der Waals surface area (Å²) in [6.45, 7) is 21.3. The highest BCUT2D eigenvalue weighted by Crippen LogP contribution is 2.22. The van der Waals surface area contributed by atoms with E-state index in [0.717, 1.165) is 19.1 Å². The average molecular weight is 567 g/mol. The molecule has 0 aromatic heterocycles. The minimum Gasteiger partial charge on any atom is -0.495 e. The molecule has 0 bridgehead atoms. The Kier molecular flexibility index (Phi) is 18.8. The number of aldehydes is 1. The van der Waals surface area contributed by atoms with Gasteiger partial charge in [-0.2, -0.15) is 0 Å². The number of likely N-dealkylation sites (N-methyl/N-ethyl adjacent to an activating group) is 1. The fourth-order valence-electron chi connectivity index (χ4n) is 4.08. The number of allylic oxidation sites excluding steroid dienone is 2. The molecule has 2 aliphatic rings. The predicted molar refractivity (Wildman–Crippen MR) is 159 cm³/mol. The summed E-state index contributed by atoms with van der Waals surface area (Å²) in [7, 11) is 3.65. The number of hydrogen-bond donors (Lipinski definition) is 1. The zero-order valence-corrected chi connectivity index (χ0v) is 26.2. The van der Waals surface area contributed by atoms with Crippen molar-refractivity contribution in [3.63, 3.8) is 0 Å². The fourth-order valence-corrected chi connectivity index (χ4v) is 4.08. The van der Waals surface area contributed by atoms with E-state index in [9.17, 15) is 19.2 Å². The van der Waals surface area contributed by atoms with Gasteiger partial charge < -0.3 is 24.1 Å². The highest BCUT2D eigenvalue weighted by Gasteiger charge is 2.28. The summed E-state index contributed by atoms with van der Waals surface area (Å²) >= 11 is 0. The van der Waals surface area contributed by atoms with Crippen LogP contribution in [0.25, 0.3) is 0 Å². The fraction of sp³-hybridized carbons (Fsp3) is 0.733. The van der Waals surface area contributed by atoms with Crippen LogP contribution in [-0.2, 0) is 23.9 Å². The van der Waals surface area contributed by atoms with Gasteiger partial charge >= 0.3 is 12.0 Å². The van der Waals surface area contributed by atoms with Gasteiger partial charge in [0.25, 0.3) is 0 Å². The molecule has 1 unspecified atom stereocenters. The van der Waals surface area contributed by atoms with Crippen LogP contribution in [0.5, 0.6) is 0 Å². The maximum Gasteiger partial charge on any atom is 0.328 e. The number of esters is 1. The lowest BCUT2D eigenvalue weighted by Crippen LogP contribution is -2.49. The summed E-state index contributed by atoms with van der Waals surface area (Å²) in [5, 5.41) is 2.24. The van der Waals surface area contributed by atoms with Crippen molar-refractivity contribution in [2.75, 3.05) is 53.4 Å². The van der Waals surface area contributed by atoms with Crippen LogP contribution in [0.15, 0.2) is 24.1 Å². The molecule has 3 amide bonds. The number of piperazine rings is 1. The van der Waals surface area contributed by atoms with E-state index in [1.807, 2.05) is 34.6 Å². The second-order valence-corrected chi connectivity index (χ2v) is 10.8. The van der Waals surface area contributed by atoms with Crippen molar-refractivity contribution in [1.82, 2.24) is 20.0 Å². The van der Waals surface area contributed by atoms with Crippen molar-refractivity contribution in [3.8, 4) is 0 Å². The van der Waals surface area contributed by atoms with Gasteiger partial charge in [0.05, 0.1) is 12.8 Å². The summed E-state index contributed by atoms with van der Waals surface area (Å²) in [4.78, 5) is 51.6. The normalized spacial score (nSPS) is 17.6. The molecular weight excluding hydrogens is 512 g/mol. The predicted octanol–water partition coefficient (Wildman–Crippen LogP) is 4.36. The molecule has 2 saturated heterocycles. The molecular formula is C30H54N4O6. The molecule has 2 rings (SSSR count). The number of amides is 3. The Morgan fingerprint density at radius 3 is 2.20 bits per heavy atom. The minimum atomic E-state index is -0.499. The quantitative estimate of drug-likeness (QED) is 0.122. The number of nitrogens with zero attached hydrogens (tertiary/aromatic N) is 3. The van der Waals surface area contributed by atoms with Gasteiger partial charge in [-0.15, -0.1) is 0 Å². The van der Waals surface area contributed by atoms with Gasteiger partial charge in [0, 0.05) is 57.9 Å². The second-order valence-electron chi connectivity index (χ2n) is 10.8. The minimum absolute atomic E-state index is 0.0629. The molecule has 1 atom stereocenters. The number of imide groups is 1. The van der Waals surface area contributed by atoms with Gasteiger partial charge in [-0.1, -0.05) is 33.8 Å². The number of hydrogen-bond acceptors (Lipinski definition) is 8. The van der Waals surface area contributed by atoms with E-state index in [0.29, 0.717) is 24.3 Å². The number of methoxy groups -OCH3 is 1. The van der Waals surface area contributed by atoms with Gasteiger partial charge in [0.2, 0.25) is 5.91 Å². The maximum atomic E-state index is 11.8. The Labute approximate surface area is 242 Å². The summed E-state index contributed by atoms with van der Waals surface area (Å²) < 4.78 is 10.5. The van der Waals surface area contributed by atoms with Gasteiger partial charge in [-0.05, 0) is 53.3 Å². The van der Waals surface area contributed by atoms with Crippen LogP contribution in [0.4, 0.5) is 4.79 Å². The Morgan fingerprint density at radius 2 is 1.70 bits per heavy atom. The molecule has 0 spiro atoms. The van der Waals surface area contributed by atoms with Gasteiger partial charge in [0.15, 0.2) is 0 Å². The monoisotopic (exact) mass is 566 g/mol. The molecule has 10 nitrogen and oxygen atoms in total. The molecule has 0 saturated carbocycles. The third-order valence-electron chi connectivity index (χ3n) is 6.19. The lowest BCUT2D eigenvalue weighted by atomic mass is 10.0. The lowest BCUT2D eigenvalue weighted by molar-refractivity contribution is -0.155. The lowest BCUT2D eigenvalue weighted by Gasteiger charge is -2.32. The van der Waals surface area contributed by atoms with Crippen LogP contribution in [0, 0.1) is 5.92 Å². The van der Waals surface area contributed by atoms with Gasteiger partial charge in [-0.25, -0.2) is 4.79 Å². The van der Waals surface area contributed by atoms with E-state index in [2.05, 4.69) is 28.7 Å². The van der Waals surface area contributed by atoms with E-state index in [1.54, 1.807) is 6.92 Å². The highest BCUT2D eigenvalue weighted by atomic mass is 16.6. The first-order chi connectivity index (χ1) is 18.9. The van der Waals surface area contributed by atoms with E-state index < -0.39 is 6.03 Å². The van der Waals surface area contributed by atoms with Gasteiger partial charge in [0.1, 0.15) is 17.6 Å². The van der Waals surface area contributed by atoms with Crippen molar-refractivity contribution in [3.05, 3.63) is 24.1 Å². The molecule has 2 heterocycles. The molecule has 0 aromatic rings. The Hall–Kier alpha value is -2.72. The van der Waals surface area contributed by atoms with Crippen LogP contribution in [0.1, 0.15) is 80.1 Å². The Bertz CT molecular complexity index is 829. The number of carbonyl (C=O) groups excluding carboxylic acids is 4. The van der Waals surface area contributed by atoms with E-state index >= 15 is 0 Å². The number of urea groups is 1. The molecule has 230 valence electrons. The largest absolute Gasteiger partial charge is 0.495 e. The zero-order chi connectivity index (χ0) is 30.7. The molecule has 0 aromatic carbocycles. The standard InChI is InChI=1S/C15H30N2O2.C13H18N2O4.C2H6/c1-15(2,3)19-14(18)8-6-5-7-9-17-12-10-16(4)11-13-17;1-4-11(19-3)10(7-9(2)8-16)15-6-5-12(17)14-13(15)18;1-2/h5-13H2,1-4H3;4,8-9H,1,5-7H2,2-3H3,(H,14,17,18);1-2H3/b;11-10-;. The highest BCUT2D eigenvalue weighted by molar-refractivity contribution is 5.97. The van der Waals surface area contributed by atoms with E-state index in [-0.39, 0.29) is 36.4 Å². The van der Waals surface area contributed by atoms with Crippen LogP contribution < -0.4 is 5.32 Å². The molecule has 2 aliphatic heterocycles. The molecule has 0 aliphatic carbocycles. The van der Waals surface area contributed by atoms with Gasteiger partial charge in [-0.3, -0.25) is 19.8 Å². The van der Waals surface area contributed by atoms with E-state index in [1.165, 1.54) is 57.2 Å². The number of ether oxygens (including phenoxy) is 2. The third kappa shape index (κ3) is 15.8. The molecule has 0 radical (unpaired) electrons. The second kappa shape index (κ2) is 20.2. The number of unbranched alkanes of at least 4 members (excludes halogenated alkanes) is 2. The smallest absolute Gasteiger partial charge is 0.328 e. The summed E-state index contributed by atoms with van der Waals surface area (Å²) in [6.07, 6.45) is 6.67. The van der Waals surface area contributed by atoms with Crippen molar-refractivity contribution in [2.45, 2.75) is 85.7 Å². The number of rotatable bonds is 12. The van der Waals surface area contributed by atoms with Crippen molar-refractivity contribution < 1.29 is 28.7 Å². The SMILES string of the molecule is C=C/C(OC)=C(\CC(C)C=O)N1CCC(=O)NC1=O.CC.CN1CCN(CCCCCC(=O)OC(C)(C)C)CC1.